The summed E-state index contributed by atoms with van der Waals surface area (Å²) in [5, 5.41) is 7.17. The van der Waals surface area contributed by atoms with Crippen LogP contribution < -0.4 is 10.6 Å². The minimum Gasteiger partial charge on any atom is -0.315 e. The van der Waals surface area contributed by atoms with Crippen LogP contribution in [0, 0.1) is 5.92 Å². The Morgan fingerprint density at radius 3 is 2.79 bits per heavy atom. The summed E-state index contributed by atoms with van der Waals surface area (Å²) in [6, 6.07) is 9.36. The zero-order chi connectivity index (χ0) is 13.7. The number of benzene rings is 1. The van der Waals surface area contributed by atoms with Crippen molar-refractivity contribution >= 4 is 11.8 Å². The Kier molecular flexibility index (Phi) is 5.74. The van der Waals surface area contributed by atoms with Gasteiger partial charge in [-0.25, -0.2) is 0 Å². The molecule has 2 rings (SSSR count). The van der Waals surface area contributed by atoms with E-state index in [1.807, 2.05) is 11.8 Å². The molecule has 0 saturated heterocycles. The van der Waals surface area contributed by atoms with Crippen LogP contribution in [0.4, 0.5) is 0 Å². The van der Waals surface area contributed by atoms with Gasteiger partial charge in [0.15, 0.2) is 0 Å². The monoisotopic (exact) mass is 278 g/mol. The predicted octanol–water partition coefficient (Wildman–Crippen LogP) is 3.10. The minimum atomic E-state index is 0.538. The Morgan fingerprint density at radius 1 is 1.21 bits per heavy atom. The average Bonchev–Trinajstić information content (AvgIpc) is 2.79. The molecule has 2 nitrogen and oxygen atoms in total. The molecule has 0 saturated carbocycles. The number of rotatable bonds is 7. The first kappa shape index (κ1) is 14.9. The lowest BCUT2D eigenvalue weighted by Gasteiger charge is -2.18. The van der Waals surface area contributed by atoms with Gasteiger partial charge >= 0.3 is 0 Å². The van der Waals surface area contributed by atoms with Crippen molar-refractivity contribution in [3.8, 4) is 0 Å². The highest BCUT2D eigenvalue weighted by Crippen LogP contribution is 2.38. The van der Waals surface area contributed by atoms with Crippen LogP contribution in [0.1, 0.15) is 32.3 Å². The number of hydrogen-bond donors (Lipinski definition) is 2. The fourth-order valence-corrected chi connectivity index (χ4v) is 3.66. The van der Waals surface area contributed by atoms with Crippen LogP contribution in [0.25, 0.3) is 0 Å². The van der Waals surface area contributed by atoms with E-state index in [0.717, 1.165) is 25.6 Å². The molecule has 0 fully saturated rings. The van der Waals surface area contributed by atoms with E-state index in [-0.39, 0.29) is 0 Å². The summed E-state index contributed by atoms with van der Waals surface area (Å²) in [6.07, 6.45) is 0. The van der Waals surface area contributed by atoms with Crippen LogP contribution in [0.2, 0.25) is 0 Å². The van der Waals surface area contributed by atoms with Gasteiger partial charge in [0.05, 0.1) is 0 Å². The fraction of sp³-hybridized carbons (Fsp3) is 0.625. The standard InChI is InChI=1S/C16H26N2S/c1-12(2)8-17-9-13(3)18-10-14-11-19-16-7-5-4-6-15(14)16/h4-7,12-14,17-18H,8-11H2,1-3H3. The van der Waals surface area contributed by atoms with Crippen LogP contribution in [-0.2, 0) is 0 Å². The topological polar surface area (TPSA) is 24.1 Å². The lowest BCUT2D eigenvalue weighted by atomic mass is 10.0. The molecule has 1 aliphatic rings. The van der Waals surface area contributed by atoms with Crippen LogP contribution in [0.3, 0.4) is 0 Å². The maximum absolute atomic E-state index is 3.66. The quantitative estimate of drug-likeness (QED) is 0.801. The Morgan fingerprint density at radius 2 is 2.00 bits per heavy atom. The van der Waals surface area contributed by atoms with Gasteiger partial charge in [0, 0.05) is 35.7 Å². The van der Waals surface area contributed by atoms with Crippen LogP contribution in [0.15, 0.2) is 29.2 Å². The molecule has 3 heteroatoms. The maximum Gasteiger partial charge on any atom is 0.0164 e. The number of hydrogen-bond acceptors (Lipinski definition) is 3. The van der Waals surface area contributed by atoms with Crippen molar-refractivity contribution < 1.29 is 0 Å². The predicted molar refractivity (Wildman–Crippen MR) is 85.1 cm³/mol. The lowest BCUT2D eigenvalue weighted by Crippen LogP contribution is -2.39. The first-order valence-corrected chi connectivity index (χ1v) is 8.31. The second kappa shape index (κ2) is 7.32. The van der Waals surface area contributed by atoms with Gasteiger partial charge in [0.1, 0.15) is 0 Å². The molecule has 0 aliphatic carbocycles. The van der Waals surface area contributed by atoms with E-state index in [4.69, 9.17) is 0 Å². The van der Waals surface area contributed by atoms with Crippen molar-refractivity contribution in [2.24, 2.45) is 5.92 Å². The number of thioether (sulfide) groups is 1. The van der Waals surface area contributed by atoms with E-state index < -0.39 is 0 Å². The molecule has 0 radical (unpaired) electrons. The molecule has 2 N–H and O–H groups in total. The smallest absolute Gasteiger partial charge is 0.0164 e. The average molecular weight is 278 g/mol. The summed E-state index contributed by atoms with van der Waals surface area (Å²) < 4.78 is 0. The molecule has 0 aromatic heterocycles. The Balaban J connectivity index is 1.72. The van der Waals surface area contributed by atoms with Gasteiger partial charge in [-0.15, -0.1) is 11.8 Å². The summed E-state index contributed by atoms with van der Waals surface area (Å²) in [5.74, 6) is 2.62. The zero-order valence-electron chi connectivity index (χ0n) is 12.3. The van der Waals surface area contributed by atoms with Gasteiger partial charge in [-0.3, -0.25) is 0 Å². The van der Waals surface area contributed by atoms with E-state index in [2.05, 4.69) is 55.7 Å². The molecular weight excluding hydrogens is 252 g/mol. The van der Waals surface area contributed by atoms with Gasteiger partial charge in [-0.05, 0) is 31.0 Å². The summed E-state index contributed by atoms with van der Waals surface area (Å²) >= 11 is 1.99. The molecule has 106 valence electrons. The molecular formula is C16H26N2S. The number of nitrogens with one attached hydrogen (secondary N) is 2. The molecule has 2 unspecified atom stereocenters. The third-order valence-electron chi connectivity index (χ3n) is 3.51. The largest absolute Gasteiger partial charge is 0.315 e. The van der Waals surface area contributed by atoms with E-state index in [9.17, 15) is 0 Å². The normalized spacial score (nSPS) is 19.7. The maximum atomic E-state index is 3.66. The molecule has 1 aromatic carbocycles. The van der Waals surface area contributed by atoms with Crippen molar-refractivity contribution in [1.29, 1.82) is 0 Å². The van der Waals surface area contributed by atoms with Crippen LogP contribution in [0.5, 0.6) is 0 Å². The van der Waals surface area contributed by atoms with E-state index in [1.165, 1.54) is 16.2 Å². The Bertz CT molecular complexity index is 392. The van der Waals surface area contributed by atoms with E-state index >= 15 is 0 Å². The number of fused-ring (bicyclic) bond motifs is 1. The minimum absolute atomic E-state index is 0.538. The highest BCUT2D eigenvalue weighted by molar-refractivity contribution is 7.99. The van der Waals surface area contributed by atoms with Gasteiger partial charge in [-0.1, -0.05) is 32.0 Å². The van der Waals surface area contributed by atoms with Gasteiger partial charge in [0.2, 0.25) is 0 Å². The van der Waals surface area contributed by atoms with E-state index in [0.29, 0.717) is 12.0 Å². The molecule has 0 bridgehead atoms. The van der Waals surface area contributed by atoms with Gasteiger partial charge in [-0.2, -0.15) is 0 Å². The Labute approximate surface area is 121 Å². The summed E-state index contributed by atoms with van der Waals surface area (Å²) in [4.78, 5) is 1.47. The fourth-order valence-electron chi connectivity index (χ4n) is 2.40. The van der Waals surface area contributed by atoms with Crippen molar-refractivity contribution in [3.05, 3.63) is 29.8 Å². The SMILES string of the molecule is CC(C)CNCC(C)NCC1CSc2ccccc21. The van der Waals surface area contributed by atoms with E-state index in [1.54, 1.807) is 0 Å². The van der Waals surface area contributed by atoms with Gasteiger partial charge in [0.25, 0.3) is 0 Å². The third kappa shape index (κ3) is 4.51. The first-order chi connectivity index (χ1) is 9.16. The molecule has 1 aromatic rings. The highest BCUT2D eigenvalue weighted by atomic mass is 32.2. The zero-order valence-corrected chi connectivity index (χ0v) is 13.1. The van der Waals surface area contributed by atoms with Crippen molar-refractivity contribution in [1.82, 2.24) is 10.6 Å². The second-order valence-corrected chi connectivity index (χ2v) is 6.97. The summed E-state index contributed by atoms with van der Waals surface area (Å²) in [6.45, 7) is 10.0. The molecule has 2 atom stereocenters. The Hall–Kier alpha value is -0.510. The second-order valence-electron chi connectivity index (χ2n) is 5.91. The van der Waals surface area contributed by atoms with Crippen molar-refractivity contribution in [2.75, 3.05) is 25.4 Å². The summed E-state index contributed by atoms with van der Waals surface area (Å²) in [7, 11) is 0. The van der Waals surface area contributed by atoms with Crippen LogP contribution in [-0.4, -0.2) is 31.4 Å². The summed E-state index contributed by atoms with van der Waals surface area (Å²) in [5.41, 5.74) is 1.53. The molecule has 1 heterocycles. The molecule has 1 aliphatic heterocycles. The third-order valence-corrected chi connectivity index (χ3v) is 4.77. The van der Waals surface area contributed by atoms with Crippen molar-refractivity contribution in [2.45, 2.75) is 37.6 Å². The molecule has 19 heavy (non-hydrogen) atoms. The van der Waals surface area contributed by atoms with Crippen molar-refractivity contribution in [3.63, 3.8) is 0 Å². The first-order valence-electron chi connectivity index (χ1n) is 7.32. The van der Waals surface area contributed by atoms with Gasteiger partial charge < -0.3 is 10.6 Å². The van der Waals surface area contributed by atoms with Crippen LogP contribution >= 0.6 is 11.8 Å². The molecule has 0 spiro atoms. The lowest BCUT2D eigenvalue weighted by molar-refractivity contribution is 0.463. The highest BCUT2D eigenvalue weighted by Gasteiger charge is 2.22. The molecule has 0 amide bonds.